The van der Waals surface area contributed by atoms with E-state index in [4.69, 9.17) is 0 Å². The van der Waals surface area contributed by atoms with E-state index >= 15 is 0 Å². The van der Waals surface area contributed by atoms with Gasteiger partial charge in [0, 0.05) is 24.8 Å². The zero-order valence-corrected chi connectivity index (χ0v) is 16.7. The molecule has 3 rings (SSSR count). The zero-order chi connectivity index (χ0) is 20.8. The van der Waals surface area contributed by atoms with Crippen LogP contribution in [-0.4, -0.2) is 52.6 Å². The summed E-state index contributed by atoms with van der Waals surface area (Å²) in [6.07, 6.45) is 1.88. The largest absolute Gasteiger partial charge is 0.357 e. The molecule has 29 heavy (non-hydrogen) atoms. The van der Waals surface area contributed by atoms with Crippen molar-refractivity contribution in [1.82, 2.24) is 30.1 Å². The molecule has 7 nitrogen and oxygen atoms in total. The third-order valence-corrected chi connectivity index (χ3v) is 4.53. The number of hydrogen-bond donors (Lipinski definition) is 2. The van der Waals surface area contributed by atoms with Crippen LogP contribution in [0.5, 0.6) is 0 Å². The number of likely N-dealkylation sites (N-methyl/N-ethyl adjacent to an activating group) is 1. The lowest BCUT2D eigenvalue weighted by Gasteiger charge is -2.26. The number of hydrogen-bond acceptors (Lipinski definition) is 4. The van der Waals surface area contributed by atoms with Crippen LogP contribution in [0.1, 0.15) is 24.4 Å². The summed E-state index contributed by atoms with van der Waals surface area (Å²) in [6.45, 7) is 3.18. The van der Waals surface area contributed by atoms with Crippen LogP contribution in [0.4, 0.5) is 8.78 Å². The van der Waals surface area contributed by atoms with Crippen LogP contribution in [0.2, 0.25) is 0 Å². The summed E-state index contributed by atoms with van der Waals surface area (Å²) >= 11 is 0. The molecule has 0 saturated heterocycles. The molecule has 154 valence electrons. The van der Waals surface area contributed by atoms with Gasteiger partial charge in [0.15, 0.2) is 17.4 Å². The van der Waals surface area contributed by atoms with Crippen LogP contribution in [-0.2, 0) is 6.54 Å². The third kappa shape index (κ3) is 4.86. The van der Waals surface area contributed by atoms with E-state index in [2.05, 4.69) is 25.8 Å². The predicted molar refractivity (Wildman–Crippen MR) is 109 cm³/mol. The fraction of sp³-hybridized carbons (Fsp3) is 0.350. The van der Waals surface area contributed by atoms with Crippen molar-refractivity contribution in [3.8, 4) is 0 Å². The van der Waals surface area contributed by atoms with Crippen LogP contribution in [0.3, 0.4) is 0 Å². The molecule has 2 N–H and O–H groups in total. The molecule has 9 heteroatoms. The van der Waals surface area contributed by atoms with Crippen LogP contribution in [0.15, 0.2) is 47.6 Å². The van der Waals surface area contributed by atoms with Crippen molar-refractivity contribution in [2.24, 2.45) is 4.99 Å². The minimum atomic E-state index is -0.567. The van der Waals surface area contributed by atoms with Gasteiger partial charge in [0.25, 0.3) is 0 Å². The van der Waals surface area contributed by atoms with Gasteiger partial charge >= 0.3 is 0 Å². The van der Waals surface area contributed by atoms with Crippen molar-refractivity contribution in [2.75, 3.05) is 27.2 Å². The first-order chi connectivity index (χ1) is 14.0. The van der Waals surface area contributed by atoms with Crippen LogP contribution in [0.25, 0.3) is 5.65 Å². The minimum Gasteiger partial charge on any atom is -0.357 e. The molecule has 0 amide bonds. The predicted octanol–water partition coefficient (Wildman–Crippen LogP) is 2.37. The molecule has 1 aromatic carbocycles. The molecule has 0 aliphatic heterocycles. The monoisotopic (exact) mass is 401 g/mol. The highest BCUT2D eigenvalue weighted by atomic mass is 19.1. The summed E-state index contributed by atoms with van der Waals surface area (Å²) < 4.78 is 30.4. The van der Waals surface area contributed by atoms with Crippen LogP contribution >= 0.6 is 0 Å². The first-order valence-corrected chi connectivity index (χ1v) is 9.42. The van der Waals surface area contributed by atoms with Crippen molar-refractivity contribution < 1.29 is 8.78 Å². The average molecular weight is 401 g/mol. The molecule has 0 radical (unpaired) electrons. The highest BCUT2D eigenvalue weighted by Crippen LogP contribution is 2.23. The Balaban J connectivity index is 1.76. The quantitative estimate of drug-likeness (QED) is 0.470. The highest BCUT2D eigenvalue weighted by molar-refractivity contribution is 5.79. The molecular weight excluding hydrogens is 376 g/mol. The Kier molecular flexibility index (Phi) is 6.71. The van der Waals surface area contributed by atoms with E-state index in [-0.39, 0.29) is 12.1 Å². The average Bonchev–Trinajstić information content (AvgIpc) is 3.11. The number of benzene rings is 1. The molecule has 2 aromatic heterocycles. The van der Waals surface area contributed by atoms with E-state index in [9.17, 15) is 8.78 Å². The molecule has 2 heterocycles. The van der Waals surface area contributed by atoms with Crippen LogP contribution < -0.4 is 10.6 Å². The zero-order valence-electron chi connectivity index (χ0n) is 16.7. The van der Waals surface area contributed by atoms with Gasteiger partial charge in [-0.3, -0.25) is 4.40 Å². The lowest BCUT2D eigenvalue weighted by Crippen LogP contribution is -2.42. The molecule has 0 saturated carbocycles. The second-order valence-corrected chi connectivity index (χ2v) is 6.74. The number of nitrogens with zero attached hydrogens (tertiary/aromatic N) is 5. The lowest BCUT2D eigenvalue weighted by atomic mass is 10.0. The summed E-state index contributed by atoms with van der Waals surface area (Å²) in [5.74, 6) is 0.0932. The number of guanidine groups is 1. The van der Waals surface area contributed by atoms with E-state index in [0.717, 1.165) is 5.65 Å². The van der Waals surface area contributed by atoms with Gasteiger partial charge in [-0.15, -0.1) is 10.2 Å². The number of nitrogens with one attached hydrogen (secondary N) is 2. The summed E-state index contributed by atoms with van der Waals surface area (Å²) in [5.41, 5.74) is 0.780. The number of rotatable bonds is 7. The molecule has 1 unspecified atom stereocenters. The smallest absolute Gasteiger partial charge is 0.191 e. The standard InChI is InChI=1S/C20H25F2N7/c1-4-23-20(25-13-18-27-26-17-10-5-6-11-29(17)18)24-12-16(28(2)3)19-14(21)8-7-9-15(19)22/h5-11,16H,4,12-13H2,1-3H3,(H2,23,24,25). The first-order valence-electron chi connectivity index (χ1n) is 9.42. The van der Waals surface area contributed by atoms with Gasteiger partial charge in [-0.25, -0.2) is 13.8 Å². The van der Waals surface area contributed by atoms with Gasteiger partial charge < -0.3 is 15.5 Å². The number of pyridine rings is 1. The van der Waals surface area contributed by atoms with Crippen LogP contribution in [0, 0.1) is 11.6 Å². The van der Waals surface area contributed by atoms with E-state index in [1.807, 2.05) is 35.7 Å². The molecule has 3 aromatic rings. The van der Waals surface area contributed by atoms with Crippen molar-refractivity contribution >= 4 is 11.6 Å². The molecule has 0 fully saturated rings. The maximum atomic E-state index is 14.3. The number of aliphatic imine (C=N–C) groups is 1. The van der Waals surface area contributed by atoms with Crippen molar-refractivity contribution in [2.45, 2.75) is 19.5 Å². The van der Waals surface area contributed by atoms with Gasteiger partial charge in [-0.1, -0.05) is 12.1 Å². The molecule has 0 bridgehead atoms. The second-order valence-electron chi connectivity index (χ2n) is 6.74. The Hall–Kier alpha value is -3.07. The Bertz CT molecular complexity index is 964. The summed E-state index contributed by atoms with van der Waals surface area (Å²) in [5, 5.41) is 14.6. The Labute approximate surface area is 168 Å². The molecule has 1 atom stereocenters. The highest BCUT2D eigenvalue weighted by Gasteiger charge is 2.22. The van der Waals surface area contributed by atoms with Crippen molar-refractivity contribution in [3.63, 3.8) is 0 Å². The second kappa shape index (κ2) is 9.42. The maximum absolute atomic E-state index is 14.3. The van der Waals surface area contributed by atoms with Crippen molar-refractivity contribution in [3.05, 3.63) is 65.6 Å². The number of halogens is 2. The molecule has 0 spiro atoms. The summed E-state index contributed by atoms with van der Waals surface area (Å²) in [4.78, 5) is 6.31. The SMILES string of the molecule is CCNC(=NCc1nnc2ccccn12)NCC(c1c(F)cccc1F)N(C)C. The fourth-order valence-corrected chi connectivity index (χ4v) is 3.06. The Morgan fingerprint density at radius 2 is 1.86 bits per heavy atom. The van der Waals surface area contributed by atoms with Gasteiger partial charge in [-0.2, -0.15) is 0 Å². The van der Waals surface area contributed by atoms with E-state index < -0.39 is 17.7 Å². The van der Waals surface area contributed by atoms with E-state index in [0.29, 0.717) is 24.9 Å². The molecule has 0 aliphatic carbocycles. The normalized spacial score (nSPS) is 13.1. The first kappa shape index (κ1) is 20.7. The Morgan fingerprint density at radius 1 is 1.10 bits per heavy atom. The third-order valence-electron chi connectivity index (χ3n) is 4.53. The Morgan fingerprint density at radius 3 is 2.55 bits per heavy atom. The summed E-state index contributed by atoms with van der Waals surface area (Å²) in [7, 11) is 3.56. The lowest BCUT2D eigenvalue weighted by molar-refractivity contribution is 0.282. The minimum absolute atomic E-state index is 0.0318. The van der Waals surface area contributed by atoms with Gasteiger partial charge in [0.2, 0.25) is 0 Å². The van der Waals surface area contributed by atoms with Gasteiger partial charge in [0.1, 0.15) is 18.2 Å². The molecule has 0 aliphatic rings. The number of fused-ring (bicyclic) bond motifs is 1. The van der Waals surface area contributed by atoms with Gasteiger partial charge in [0.05, 0.1) is 6.04 Å². The van der Waals surface area contributed by atoms with Crippen molar-refractivity contribution in [1.29, 1.82) is 0 Å². The molecular formula is C20H25F2N7. The van der Waals surface area contributed by atoms with E-state index in [1.54, 1.807) is 19.0 Å². The van der Waals surface area contributed by atoms with E-state index in [1.165, 1.54) is 18.2 Å². The maximum Gasteiger partial charge on any atom is 0.191 e. The number of aromatic nitrogens is 3. The summed E-state index contributed by atoms with van der Waals surface area (Å²) in [6, 6.07) is 9.06. The van der Waals surface area contributed by atoms with Gasteiger partial charge in [-0.05, 0) is 45.3 Å². The fourth-order valence-electron chi connectivity index (χ4n) is 3.06. The topological polar surface area (TPSA) is 69.8 Å².